The fourth-order valence-electron chi connectivity index (χ4n) is 3.56. The van der Waals surface area contributed by atoms with Crippen molar-refractivity contribution in [3.8, 4) is 0 Å². The number of carbonyl (C=O) groups excluding carboxylic acids is 2. The third kappa shape index (κ3) is 5.38. The van der Waals surface area contributed by atoms with E-state index in [9.17, 15) is 9.59 Å². The Morgan fingerprint density at radius 1 is 1.00 bits per heavy atom. The van der Waals surface area contributed by atoms with E-state index in [0.29, 0.717) is 16.3 Å². The number of para-hydroxylation sites is 1. The molecule has 3 rings (SSSR count). The van der Waals surface area contributed by atoms with Crippen molar-refractivity contribution in [3.63, 3.8) is 0 Å². The molecule has 0 saturated heterocycles. The maximum Gasteiger partial charge on any atom is 0.279 e. The molecular weight excluding hydrogens is 398 g/mol. The van der Waals surface area contributed by atoms with Crippen LogP contribution in [0, 0.1) is 13.8 Å². The Balaban J connectivity index is 1.62. The molecule has 1 heterocycles. The predicted octanol–water partition coefficient (Wildman–Crippen LogP) is 3.14. The Labute approximate surface area is 182 Å². The highest BCUT2D eigenvalue weighted by Gasteiger charge is 2.21. The first-order valence-electron chi connectivity index (χ1n) is 9.94. The summed E-state index contributed by atoms with van der Waals surface area (Å²) in [5.74, 6) is -0.145. The first kappa shape index (κ1) is 21.8. The van der Waals surface area contributed by atoms with Gasteiger partial charge in [0.2, 0.25) is 5.78 Å². The third-order valence-corrected chi connectivity index (χ3v) is 5.46. The van der Waals surface area contributed by atoms with Crippen LogP contribution < -0.4 is 10.2 Å². The van der Waals surface area contributed by atoms with Crippen LogP contribution in [-0.2, 0) is 11.3 Å². The highest BCUT2D eigenvalue weighted by molar-refractivity contribution is 6.33. The zero-order valence-corrected chi connectivity index (χ0v) is 18.3. The van der Waals surface area contributed by atoms with Crippen LogP contribution in [0.15, 0.2) is 60.7 Å². The molecule has 1 unspecified atom stereocenters. The molecule has 0 aliphatic rings. The van der Waals surface area contributed by atoms with Crippen molar-refractivity contribution in [1.82, 2.24) is 4.57 Å². The number of aromatic nitrogens is 1. The zero-order chi connectivity index (χ0) is 21.7. The summed E-state index contributed by atoms with van der Waals surface area (Å²) >= 11 is 6.08. The lowest BCUT2D eigenvalue weighted by molar-refractivity contribution is -0.861. The monoisotopic (exact) mass is 424 g/mol. The minimum atomic E-state index is -0.178. The van der Waals surface area contributed by atoms with Gasteiger partial charge in [0.05, 0.1) is 17.8 Å². The van der Waals surface area contributed by atoms with Crippen LogP contribution in [0.3, 0.4) is 0 Å². The van der Waals surface area contributed by atoms with Gasteiger partial charge in [-0.15, -0.1) is 0 Å². The van der Waals surface area contributed by atoms with Gasteiger partial charge in [-0.2, -0.15) is 0 Å². The first-order valence-corrected chi connectivity index (χ1v) is 10.3. The zero-order valence-electron chi connectivity index (χ0n) is 17.5. The molecule has 1 amide bonds. The lowest BCUT2D eigenvalue weighted by Crippen LogP contribution is -3.11. The van der Waals surface area contributed by atoms with Crippen LogP contribution in [0.2, 0.25) is 5.02 Å². The molecule has 0 fully saturated rings. The Morgan fingerprint density at radius 2 is 1.67 bits per heavy atom. The second-order valence-electron chi connectivity index (χ2n) is 7.62. The number of ketones is 1. The number of nitrogens with one attached hydrogen (secondary N) is 2. The van der Waals surface area contributed by atoms with Crippen LogP contribution in [0.1, 0.15) is 27.3 Å². The molecule has 0 aliphatic heterocycles. The lowest BCUT2D eigenvalue weighted by atomic mass is 10.1. The Kier molecular flexibility index (Phi) is 7.08. The number of hydrogen-bond acceptors (Lipinski definition) is 2. The van der Waals surface area contributed by atoms with Gasteiger partial charge in [-0.25, -0.2) is 0 Å². The van der Waals surface area contributed by atoms with E-state index >= 15 is 0 Å². The smallest absolute Gasteiger partial charge is 0.279 e. The number of carbonyl (C=O) groups is 2. The van der Waals surface area contributed by atoms with Crippen LogP contribution >= 0.6 is 11.6 Å². The molecule has 2 aromatic carbocycles. The number of likely N-dealkylation sites (N-methyl/N-ethyl adjacent to an activating group) is 1. The summed E-state index contributed by atoms with van der Waals surface area (Å²) in [5.41, 5.74) is 4.49. The molecule has 0 spiro atoms. The van der Waals surface area contributed by atoms with Gasteiger partial charge in [-0.05, 0) is 37.6 Å². The molecule has 0 saturated carbocycles. The molecule has 1 atom stereocenters. The van der Waals surface area contributed by atoms with Gasteiger partial charge in [0, 0.05) is 23.5 Å². The molecule has 30 heavy (non-hydrogen) atoms. The van der Waals surface area contributed by atoms with Crippen molar-refractivity contribution in [1.29, 1.82) is 0 Å². The fraction of sp³-hybridized carbons (Fsp3) is 0.250. The molecule has 0 aliphatic carbocycles. The number of benzene rings is 2. The molecular formula is C24H27ClN3O2+. The van der Waals surface area contributed by atoms with Crippen LogP contribution in [-0.4, -0.2) is 36.4 Å². The summed E-state index contributed by atoms with van der Waals surface area (Å²) < 4.78 is 2.15. The van der Waals surface area contributed by atoms with Crippen molar-refractivity contribution >= 4 is 29.0 Å². The van der Waals surface area contributed by atoms with Crippen LogP contribution in [0.25, 0.3) is 0 Å². The molecule has 6 heteroatoms. The van der Waals surface area contributed by atoms with Gasteiger partial charge in [-0.3, -0.25) is 9.59 Å². The number of halogens is 1. The van der Waals surface area contributed by atoms with Crippen molar-refractivity contribution in [2.45, 2.75) is 20.4 Å². The number of Topliss-reactive ketones (excluding diaryl/α,β-unsaturated/α-hetero) is 1. The van der Waals surface area contributed by atoms with E-state index in [1.165, 1.54) is 5.56 Å². The van der Waals surface area contributed by atoms with Crippen LogP contribution in [0.5, 0.6) is 0 Å². The van der Waals surface area contributed by atoms with E-state index in [-0.39, 0.29) is 24.8 Å². The standard InChI is InChI=1S/C24H26ClN3O2/c1-17-13-20(18(2)28(17)14-19-9-5-4-6-10-19)23(29)15-27(3)16-24(30)26-22-12-8-7-11-21(22)25/h4-13H,14-16H2,1-3H3,(H,26,30)/p+1. The van der Waals surface area contributed by atoms with E-state index in [1.807, 2.05) is 57.3 Å². The maximum absolute atomic E-state index is 12.9. The number of amides is 1. The van der Waals surface area contributed by atoms with Crippen molar-refractivity contribution < 1.29 is 14.5 Å². The van der Waals surface area contributed by atoms with Gasteiger partial charge < -0.3 is 14.8 Å². The number of rotatable bonds is 8. The number of aryl methyl sites for hydroxylation is 1. The molecule has 0 radical (unpaired) electrons. The van der Waals surface area contributed by atoms with Crippen LogP contribution in [0.4, 0.5) is 5.69 Å². The second kappa shape index (κ2) is 9.74. The highest BCUT2D eigenvalue weighted by Crippen LogP contribution is 2.20. The maximum atomic E-state index is 12.9. The molecule has 5 nitrogen and oxygen atoms in total. The topological polar surface area (TPSA) is 55.5 Å². The van der Waals surface area contributed by atoms with E-state index in [2.05, 4.69) is 22.0 Å². The number of hydrogen-bond donors (Lipinski definition) is 2. The van der Waals surface area contributed by atoms with E-state index in [1.54, 1.807) is 12.1 Å². The molecule has 0 bridgehead atoms. The van der Waals surface area contributed by atoms with Gasteiger partial charge in [0.25, 0.3) is 5.91 Å². The molecule has 3 aromatic rings. The van der Waals surface area contributed by atoms with Gasteiger partial charge in [-0.1, -0.05) is 54.1 Å². The fourth-order valence-corrected chi connectivity index (χ4v) is 3.74. The first-order chi connectivity index (χ1) is 14.3. The molecule has 1 aromatic heterocycles. The highest BCUT2D eigenvalue weighted by atomic mass is 35.5. The van der Waals surface area contributed by atoms with Gasteiger partial charge >= 0.3 is 0 Å². The quantitative estimate of drug-likeness (QED) is 0.546. The number of nitrogens with zero attached hydrogens (tertiary/aromatic N) is 1. The van der Waals surface area contributed by atoms with Crippen molar-refractivity contribution in [2.75, 3.05) is 25.5 Å². The summed E-state index contributed by atoms with van der Waals surface area (Å²) in [7, 11) is 1.84. The normalized spacial score (nSPS) is 11.9. The van der Waals surface area contributed by atoms with E-state index in [4.69, 9.17) is 11.6 Å². The number of anilines is 1. The summed E-state index contributed by atoms with van der Waals surface area (Å²) in [6, 6.07) is 19.2. The number of quaternary nitrogens is 1. The Morgan fingerprint density at radius 3 is 2.37 bits per heavy atom. The largest absolute Gasteiger partial charge is 0.344 e. The molecule has 156 valence electrons. The second-order valence-corrected chi connectivity index (χ2v) is 8.03. The Bertz CT molecular complexity index is 1040. The predicted molar refractivity (Wildman–Crippen MR) is 120 cm³/mol. The Hall–Kier alpha value is -2.89. The summed E-state index contributed by atoms with van der Waals surface area (Å²) in [5, 5.41) is 3.29. The minimum Gasteiger partial charge on any atom is -0.344 e. The average molecular weight is 425 g/mol. The minimum absolute atomic E-state index is 0.0328. The van der Waals surface area contributed by atoms with Crippen molar-refractivity contribution in [2.24, 2.45) is 0 Å². The molecule has 2 N–H and O–H groups in total. The SMILES string of the molecule is Cc1cc(C(=O)C[NH+](C)CC(=O)Nc2ccccc2Cl)c(C)n1Cc1ccccc1. The lowest BCUT2D eigenvalue weighted by Gasteiger charge is -2.14. The summed E-state index contributed by atoms with van der Waals surface area (Å²) in [6.45, 7) is 5.14. The van der Waals surface area contributed by atoms with E-state index < -0.39 is 0 Å². The van der Waals surface area contributed by atoms with E-state index in [0.717, 1.165) is 22.8 Å². The van der Waals surface area contributed by atoms with Crippen molar-refractivity contribution in [3.05, 3.63) is 88.2 Å². The van der Waals surface area contributed by atoms with Gasteiger partial charge in [0.1, 0.15) is 6.54 Å². The van der Waals surface area contributed by atoms with Gasteiger partial charge in [0.15, 0.2) is 6.54 Å². The third-order valence-electron chi connectivity index (χ3n) is 5.13. The average Bonchev–Trinajstić information content (AvgIpc) is 2.99. The summed E-state index contributed by atoms with van der Waals surface area (Å²) in [4.78, 5) is 26.0. The summed E-state index contributed by atoms with van der Waals surface area (Å²) in [6.07, 6.45) is 0.